The van der Waals surface area contributed by atoms with E-state index in [-0.39, 0.29) is 8.41 Å². The van der Waals surface area contributed by atoms with Crippen LogP contribution in [0.4, 0.5) is 0 Å². The van der Waals surface area contributed by atoms with Gasteiger partial charge < -0.3 is 15.2 Å². The highest BCUT2D eigenvalue weighted by molar-refractivity contribution is 9.10. The molecule has 0 unspecified atom stereocenters. The minimum atomic E-state index is 0. The Bertz CT molecular complexity index is 312. The van der Waals surface area contributed by atoms with Crippen LogP contribution in [0.2, 0.25) is 0 Å². The summed E-state index contributed by atoms with van der Waals surface area (Å²) in [4.78, 5) is 0. The lowest BCUT2D eigenvalue weighted by atomic mass is 10.2. The Labute approximate surface area is 113 Å². The van der Waals surface area contributed by atoms with Gasteiger partial charge >= 0.3 is 0 Å². The summed E-state index contributed by atoms with van der Waals surface area (Å²) in [6.07, 6.45) is 2.56. The molecule has 1 heterocycles. The summed E-state index contributed by atoms with van der Waals surface area (Å²) in [5.74, 6) is 0.835. The number of methoxy groups -OCH3 is 1. The molecular formula is C12H18BBrNO2. The van der Waals surface area contributed by atoms with Crippen LogP contribution in [0, 0.1) is 0 Å². The quantitative estimate of drug-likeness (QED) is 0.852. The number of halogens is 1. The Balaban J connectivity index is 0.000000360. The SMILES string of the molecule is C1CCOC1.COc1ccc(CN)cc1Br.[B]. The second-order valence-electron chi connectivity index (χ2n) is 3.49. The van der Waals surface area contributed by atoms with Crippen molar-refractivity contribution >= 4 is 24.3 Å². The molecule has 93 valence electrons. The van der Waals surface area contributed by atoms with Crippen molar-refractivity contribution < 1.29 is 9.47 Å². The molecule has 0 spiro atoms. The highest BCUT2D eigenvalue weighted by atomic mass is 79.9. The van der Waals surface area contributed by atoms with Crippen molar-refractivity contribution in [1.82, 2.24) is 0 Å². The Morgan fingerprint density at radius 2 is 2.00 bits per heavy atom. The van der Waals surface area contributed by atoms with E-state index in [0.29, 0.717) is 6.54 Å². The minimum Gasteiger partial charge on any atom is -0.496 e. The number of hydrogen-bond acceptors (Lipinski definition) is 3. The van der Waals surface area contributed by atoms with Crippen molar-refractivity contribution in [1.29, 1.82) is 0 Å². The third kappa shape index (κ3) is 6.10. The molecule has 1 aromatic rings. The minimum absolute atomic E-state index is 0. The number of rotatable bonds is 2. The van der Waals surface area contributed by atoms with E-state index in [1.54, 1.807) is 7.11 Å². The summed E-state index contributed by atoms with van der Waals surface area (Å²) in [5.41, 5.74) is 6.54. The second-order valence-corrected chi connectivity index (χ2v) is 4.35. The Morgan fingerprint density at radius 1 is 1.35 bits per heavy atom. The van der Waals surface area contributed by atoms with Gasteiger partial charge in [0.05, 0.1) is 11.6 Å². The van der Waals surface area contributed by atoms with E-state index in [4.69, 9.17) is 15.2 Å². The van der Waals surface area contributed by atoms with Crippen molar-refractivity contribution in [3.05, 3.63) is 28.2 Å². The molecule has 0 amide bonds. The summed E-state index contributed by atoms with van der Waals surface area (Å²) < 4.78 is 10.9. The average Bonchev–Trinajstić information content (AvgIpc) is 2.87. The fraction of sp³-hybridized carbons (Fsp3) is 0.500. The van der Waals surface area contributed by atoms with Gasteiger partial charge in [-0.25, -0.2) is 0 Å². The van der Waals surface area contributed by atoms with Gasteiger partial charge in [0.25, 0.3) is 0 Å². The first-order chi connectivity index (χ1) is 7.77. The maximum absolute atomic E-state index is 5.45. The van der Waals surface area contributed by atoms with E-state index in [1.807, 2.05) is 18.2 Å². The van der Waals surface area contributed by atoms with E-state index < -0.39 is 0 Å². The molecule has 1 saturated heterocycles. The predicted molar refractivity (Wildman–Crippen MR) is 74.4 cm³/mol. The van der Waals surface area contributed by atoms with Crippen LogP contribution < -0.4 is 10.5 Å². The monoisotopic (exact) mass is 298 g/mol. The van der Waals surface area contributed by atoms with Gasteiger partial charge in [-0.15, -0.1) is 0 Å². The molecule has 2 rings (SSSR count). The molecule has 17 heavy (non-hydrogen) atoms. The second kappa shape index (κ2) is 9.51. The first kappa shape index (κ1) is 16.5. The molecule has 0 atom stereocenters. The van der Waals surface area contributed by atoms with Crippen molar-refractivity contribution in [3.8, 4) is 5.75 Å². The van der Waals surface area contributed by atoms with Crippen molar-refractivity contribution in [2.45, 2.75) is 19.4 Å². The Morgan fingerprint density at radius 3 is 2.35 bits per heavy atom. The zero-order valence-corrected chi connectivity index (χ0v) is 11.7. The molecule has 0 bridgehead atoms. The van der Waals surface area contributed by atoms with E-state index in [9.17, 15) is 0 Å². The van der Waals surface area contributed by atoms with E-state index in [1.165, 1.54) is 12.8 Å². The third-order valence-electron chi connectivity index (χ3n) is 2.28. The van der Waals surface area contributed by atoms with Gasteiger partial charge in [-0.3, -0.25) is 0 Å². The molecule has 1 aromatic carbocycles. The van der Waals surface area contributed by atoms with Crippen molar-refractivity contribution in [2.24, 2.45) is 5.73 Å². The predicted octanol–water partition coefficient (Wildman–Crippen LogP) is 2.33. The number of hydrogen-bond donors (Lipinski definition) is 1. The first-order valence-electron chi connectivity index (χ1n) is 5.38. The fourth-order valence-electron chi connectivity index (χ4n) is 1.35. The maximum Gasteiger partial charge on any atom is 0.133 e. The lowest BCUT2D eigenvalue weighted by molar-refractivity contribution is 0.198. The highest BCUT2D eigenvalue weighted by Crippen LogP contribution is 2.25. The Hall–Kier alpha value is -0.515. The van der Waals surface area contributed by atoms with Crippen LogP contribution in [-0.4, -0.2) is 28.7 Å². The van der Waals surface area contributed by atoms with Crippen LogP contribution in [0.5, 0.6) is 5.75 Å². The Kier molecular flexibility index (Phi) is 9.22. The molecule has 1 fully saturated rings. The number of ether oxygens (including phenoxy) is 2. The zero-order valence-electron chi connectivity index (χ0n) is 10.1. The van der Waals surface area contributed by atoms with Gasteiger partial charge in [0.2, 0.25) is 0 Å². The van der Waals surface area contributed by atoms with Gasteiger partial charge in [0.15, 0.2) is 0 Å². The molecule has 3 radical (unpaired) electrons. The smallest absolute Gasteiger partial charge is 0.133 e. The standard InChI is InChI=1S/C8H10BrNO.C4H8O.B/c1-11-8-3-2-6(5-10)4-7(8)9;1-2-4-5-3-1;/h2-4H,5,10H2,1H3;1-4H2;. The molecule has 5 heteroatoms. The summed E-state index contributed by atoms with van der Waals surface area (Å²) >= 11 is 3.37. The normalized spacial score (nSPS) is 13.4. The molecule has 2 N–H and O–H groups in total. The number of nitrogens with two attached hydrogens (primary N) is 1. The van der Waals surface area contributed by atoms with Gasteiger partial charge in [0, 0.05) is 28.2 Å². The molecule has 0 saturated carbocycles. The van der Waals surface area contributed by atoms with Gasteiger partial charge in [-0.1, -0.05) is 6.07 Å². The van der Waals surface area contributed by atoms with Crippen LogP contribution in [0.1, 0.15) is 18.4 Å². The van der Waals surface area contributed by atoms with Gasteiger partial charge in [-0.05, 0) is 46.5 Å². The molecule has 0 aliphatic carbocycles. The summed E-state index contributed by atoms with van der Waals surface area (Å²) in [7, 11) is 1.64. The third-order valence-corrected chi connectivity index (χ3v) is 2.90. The van der Waals surface area contributed by atoms with Gasteiger partial charge in [-0.2, -0.15) is 0 Å². The molecule has 0 aromatic heterocycles. The number of benzene rings is 1. The van der Waals surface area contributed by atoms with Crippen molar-refractivity contribution in [3.63, 3.8) is 0 Å². The highest BCUT2D eigenvalue weighted by Gasteiger charge is 1.98. The van der Waals surface area contributed by atoms with E-state index >= 15 is 0 Å². The van der Waals surface area contributed by atoms with Crippen LogP contribution in [0.25, 0.3) is 0 Å². The zero-order chi connectivity index (χ0) is 11.8. The molecule has 1 aliphatic heterocycles. The van der Waals surface area contributed by atoms with E-state index in [0.717, 1.165) is 29.0 Å². The molecule has 3 nitrogen and oxygen atoms in total. The molecular weight excluding hydrogens is 281 g/mol. The van der Waals surface area contributed by atoms with Gasteiger partial charge in [0.1, 0.15) is 5.75 Å². The molecule has 1 aliphatic rings. The van der Waals surface area contributed by atoms with Crippen LogP contribution >= 0.6 is 15.9 Å². The summed E-state index contributed by atoms with van der Waals surface area (Å²) in [6.45, 7) is 2.56. The lowest BCUT2D eigenvalue weighted by Crippen LogP contribution is -1.96. The van der Waals surface area contributed by atoms with Crippen molar-refractivity contribution in [2.75, 3.05) is 20.3 Å². The summed E-state index contributed by atoms with van der Waals surface area (Å²) in [5, 5.41) is 0. The first-order valence-corrected chi connectivity index (χ1v) is 6.17. The topological polar surface area (TPSA) is 44.5 Å². The fourth-order valence-corrected chi connectivity index (χ4v) is 1.94. The largest absolute Gasteiger partial charge is 0.496 e. The summed E-state index contributed by atoms with van der Waals surface area (Å²) in [6, 6.07) is 5.80. The average molecular weight is 299 g/mol. The van der Waals surface area contributed by atoms with Crippen LogP contribution in [0.15, 0.2) is 22.7 Å². The van der Waals surface area contributed by atoms with Crippen LogP contribution in [-0.2, 0) is 11.3 Å². The van der Waals surface area contributed by atoms with Crippen LogP contribution in [0.3, 0.4) is 0 Å². The maximum atomic E-state index is 5.45. The lowest BCUT2D eigenvalue weighted by Gasteiger charge is -2.03. The van der Waals surface area contributed by atoms with E-state index in [2.05, 4.69) is 15.9 Å².